The number of carbonyl (C=O) groups is 2. The van der Waals surface area contributed by atoms with E-state index < -0.39 is 11.7 Å². The van der Waals surface area contributed by atoms with Crippen LogP contribution < -0.4 is 5.32 Å². The lowest BCUT2D eigenvalue weighted by atomic mass is 10.0. The zero-order chi connectivity index (χ0) is 21.3. The Balaban J connectivity index is 1.77. The van der Waals surface area contributed by atoms with E-state index >= 15 is 0 Å². The quantitative estimate of drug-likeness (QED) is 0.658. The van der Waals surface area contributed by atoms with E-state index in [1.165, 1.54) is 4.90 Å². The molecule has 4 rings (SSSR count). The minimum atomic E-state index is -0.681. The van der Waals surface area contributed by atoms with Gasteiger partial charge in [0, 0.05) is 30.5 Å². The van der Waals surface area contributed by atoms with Gasteiger partial charge in [-0.05, 0) is 45.0 Å². The number of H-pyrrole nitrogens is 1. The van der Waals surface area contributed by atoms with Crippen molar-refractivity contribution in [3.05, 3.63) is 66.0 Å². The van der Waals surface area contributed by atoms with Crippen molar-refractivity contribution in [1.82, 2.24) is 14.9 Å². The Hall–Kier alpha value is -3.61. The molecule has 0 bridgehead atoms. The minimum Gasteiger partial charge on any atom is -0.443 e. The molecule has 1 aliphatic heterocycles. The van der Waals surface area contributed by atoms with Gasteiger partial charge >= 0.3 is 6.09 Å². The van der Waals surface area contributed by atoms with Gasteiger partial charge < -0.3 is 15.0 Å². The number of rotatable bonds is 3. The fourth-order valence-corrected chi connectivity index (χ4v) is 3.42. The number of aromatic amines is 1. The predicted molar refractivity (Wildman–Crippen MR) is 115 cm³/mol. The standard InChI is InChI=1S/C23H24N4O3/c1-23(2,3)30-22(29)27-14-12-16-18(21(27)28)20(25-15-9-5-4-6-10-15)19(26-16)17-11-7-8-13-24-17/h4-11,13,25-26H,12,14H2,1-3H3. The van der Waals surface area contributed by atoms with Gasteiger partial charge in [-0.2, -0.15) is 0 Å². The lowest BCUT2D eigenvalue weighted by Crippen LogP contribution is -2.44. The first kappa shape index (κ1) is 19.7. The number of anilines is 2. The summed E-state index contributed by atoms with van der Waals surface area (Å²) in [5, 5.41) is 3.35. The van der Waals surface area contributed by atoms with Crippen LogP contribution in [-0.2, 0) is 11.2 Å². The van der Waals surface area contributed by atoms with Crippen LogP contribution in [0.25, 0.3) is 11.4 Å². The van der Waals surface area contributed by atoms with Crippen LogP contribution in [0.1, 0.15) is 36.8 Å². The molecule has 7 nitrogen and oxygen atoms in total. The summed E-state index contributed by atoms with van der Waals surface area (Å²) in [6.45, 7) is 5.60. The van der Waals surface area contributed by atoms with E-state index in [-0.39, 0.29) is 12.5 Å². The smallest absolute Gasteiger partial charge is 0.417 e. The van der Waals surface area contributed by atoms with E-state index in [1.54, 1.807) is 27.0 Å². The predicted octanol–water partition coefficient (Wildman–Crippen LogP) is 4.75. The lowest BCUT2D eigenvalue weighted by molar-refractivity contribution is 0.0233. The van der Waals surface area contributed by atoms with Gasteiger partial charge in [-0.1, -0.05) is 24.3 Å². The van der Waals surface area contributed by atoms with E-state index in [2.05, 4.69) is 15.3 Å². The average Bonchev–Trinajstić information content (AvgIpc) is 3.07. The van der Waals surface area contributed by atoms with Gasteiger partial charge in [-0.25, -0.2) is 9.69 Å². The fraction of sp³-hybridized carbons (Fsp3) is 0.261. The zero-order valence-corrected chi connectivity index (χ0v) is 17.2. The number of pyridine rings is 1. The number of nitrogens with zero attached hydrogens (tertiary/aromatic N) is 2. The number of amides is 2. The molecule has 3 heterocycles. The molecule has 0 atom stereocenters. The van der Waals surface area contributed by atoms with Gasteiger partial charge in [0.2, 0.25) is 0 Å². The fourth-order valence-electron chi connectivity index (χ4n) is 3.42. The maximum atomic E-state index is 13.3. The zero-order valence-electron chi connectivity index (χ0n) is 17.2. The first-order valence-corrected chi connectivity index (χ1v) is 9.86. The summed E-state index contributed by atoms with van der Waals surface area (Å²) in [7, 11) is 0. The van der Waals surface area contributed by atoms with Crippen LogP contribution in [0, 0.1) is 0 Å². The second-order valence-corrected chi connectivity index (χ2v) is 8.12. The van der Waals surface area contributed by atoms with E-state index in [4.69, 9.17) is 4.74 Å². The number of imide groups is 1. The summed E-state index contributed by atoms with van der Waals surface area (Å²) in [5.74, 6) is -0.387. The van der Waals surface area contributed by atoms with Crippen LogP contribution in [0.4, 0.5) is 16.2 Å². The van der Waals surface area contributed by atoms with Crippen LogP contribution in [-0.4, -0.2) is 39.0 Å². The summed E-state index contributed by atoms with van der Waals surface area (Å²) < 4.78 is 5.44. The topological polar surface area (TPSA) is 87.3 Å². The molecule has 154 valence electrons. The van der Waals surface area contributed by atoms with Crippen molar-refractivity contribution in [3.63, 3.8) is 0 Å². The highest BCUT2D eigenvalue weighted by Crippen LogP contribution is 2.37. The number of nitrogens with one attached hydrogen (secondary N) is 2. The highest BCUT2D eigenvalue weighted by atomic mass is 16.6. The van der Waals surface area contributed by atoms with Gasteiger partial charge in [-0.15, -0.1) is 0 Å². The molecule has 0 unspecified atom stereocenters. The van der Waals surface area contributed by atoms with Crippen molar-refractivity contribution in [2.24, 2.45) is 0 Å². The molecule has 2 aromatic heterocycles. The Morgan fingerprint density at radius 2 is 1.87 bits per heavy atom. The van der Waals surface area contributed by atoms with E-state index in [9.17, 15) is 9.59 Å². The van der Waals surface area contributed by atoms with Gasteiger partial charge in [-0.3, -0.25) is 9.78 Å². The first-order chi connectivity index (χ1) is 14.3. The van der Waals surface area contributed by atoms with Crippen LogP contribution in [0.2, 0.25) is 0 Å². The maximum absolute atomic E-state index is 13.3. The summed E-state index contributed by atoms with van der Waals surface area (Å²) in [5.41, 5.74) is 3.40. The van der Waals surface area contributed by atoms with Crippen molar-refractivity contribution >= 4 is 23.4 Å². The molecule has 0 spiro atoms. The number of hydrogen-bond donors (Lipinski definition) is 2. The molecule has 0 saturated heterocycles. The third-order valence-corrected chi connectivity index (χ3v) is 4.70. The Bertz CT molecular complexity index is 1070. The molecule has 0 saturated carbocycles. The second-order valence-electron chi connectivity index (χ2n) is 8.12. The van der Waals surface area contributed by atoms with Crippen LogP contribution in [0.5, 0.6) is 0 Å². The highest BCUT2D eigenvalue weighted by Gasteiger charge is 2.36. The summed E-state index contributed by atoms with van der Waals surface area (Å²) in [6, 6.07) is 15.2. The third-order valence-electron chi connectivity index (χ3n) is 4.70. The SMILES string of the molecule is CC(C)(C)OC(=O)N1CCc2[nH]c(-c3ccccn3)c(Nc3ccccc3)c2C1=O. The van der Waals surface area contributed by atoms with Crippen molar-refractivity contribution < 1.29 is 14.3 Å². The Morgan fingerprint density at radius 1 is 1.13 bits per heavy atom. The minimum absolute atomic E-state index is 0.258. The lowest BCUT2D eigenvalue weighted by Gasteiger charge is -2.29. The molecule has 2 N–H and O–H groups in total. The number of hydrogen-bond acceptors (Lipinski definition) is 5. The number of para-hydroxylation sites is 1. The molecular weight excluding hydrogens is 380 g/mol. The molecule has 1 aliphatic rings. The third kappa shape index (κ3) is 3.91. The summed E-state index contributed by atoms with van der Waals surface area (Å²) >= 11 is 0. The van der Waals surface area contributed by atoms with E-state index in [0.29, 0.717) is 29.1 Å². The molecule has 7 heteroatoms. The number of benzene rings is 1. The normalized spacial score (nSPS) is 13.7. The molecule has 2 amide bonds. The highest BCUT2D eigenvalue weighted by molar-refractivity contribution is 6.11. The van der Waals surface area contributed by atoms with Gasteiger partial charge in [0.1, 0.15) is 5.60 Å². The molecule has 0 fully saturated rings. The first-order valence-electron chi connectivity index (χ1n) is 9.86. The van der Waals surface area contributed by atoms with Crippen molar-refractivity contribution in [2.75, 3.05) is 11.9 Å². The van der Waals surface area contributed by atoms with Gasteiger partial charge in [0.05, 0.1) is 22.6 Å². The molecule has 1 aromatic carbocycles. The number of fused-ring (bicyclic) bond motifs is 1. The average molecular weight is 404 g/mol. The maximum Gasteiger partial charge on any atom is 0.417 e. The Kier molecular flexibility index (Phi) is 5.03. The molecule has 3 aromatic rings. The van der Waals surface area contributed by atoms with Crippen LogP contribution in [0.3, 0.4) is 0 Å². The van der Waals surface area contributed by atoms with Crippen LogP contribution in [0.15, 0.2) is 54.7 Å². The summed E-state index contributed by atoms with van der Waals surface area (Å²) in [4.78, 5) is 34.9. The van der Waals surface area contributed by atoms with Crippen molar-refractivity contribution in [1.29, 1.82) is 0 Å². The largest absolute Gasteiger partial charge is 0.443 e. The van der Waals surface area contributed by atoms with E-state index in [0.717, 1.165) is 11.4 Å². The Labute approximate surface area is 175 Å². The number of ether oxygens (including phenoxy) is 1. The van der Waals surface area contributed by atoms with Gasteiger partial charge in [0.25, 0.3) is 5.91 Å². The van der Waals surface area contributed by atoms with Crippen LogP contribution >= 0.6 is 0 Å². The van der Waals surface area contributed by atoms with E-state index in [1.807, 2.05) is 48.5 Å². The van der Waals surface area contributed by atoms with Crippen molar-refractivity contribution in [2.45, 2.75) is 32.8 Å². The Morgan fingerprint density at radius 3 is 2.53 bits per heavy atom. The monoisotopic (exact) mass is 404 g/mol. The van der Waals surface area contributed by atoms with Crippen molar-refractivity contribution in [3.8, 4) is 11.4 Å². The number of aromatic nitrogens is 2. The molecule has 0 aliphatic carbocycles. The summed E-state index contributed by atoms with van der Waals surface area (Å²) in [6.07, 6.45) is 1.58. The molecule has 0 radical (unpaired) electrons. The second kappa shape index (κ2) is 7.67. The van der Waals surface area contributed by atoms with Gasteiger partial charge in [0.15, 0.2) is 0 Å². The molecule has 30 heavy (non-hydrogen) atoms. The molecular formula is C23H24N4O3. The number of carbonyl (C=O) groups excluding carboxylic acids is 2.